The zero-order valence-corrected chi connectivity index (χ0v) is 19.5. The van der Waals surface area contributed by atoms with E-state index in [2.05, 4.69) is 22.5 Å². The molecule has 2 N–H and O–H groups in total. The van der Waals surface area contributed by atoms with Gasteiger partial charge in [-0.15, -0.1) is 0 Å². The highest BCUT2D eigenvalue weighted by Crippen LogP contribution is 2.30. The van der Waals surface area contributed by atoms with Gasteiger partial charge >= 0.3 is 0 Å². The molecule has 176 valence electrons. The fourth-order valence-electron chi connectivity index (χ4n) is 5.29. The zero-order valence-electron chi connectivity index (χ0n) is 19.5. The van der Waals surface area contributed by atoms with E-state index in [4.69, 9.17) is 4.74 Å². The van der Waals surface area contributed by atoms with E-state index in [9.17, 15) is 9.59 Å². The van der Waals surface area contributed by atoms with Crippen LogP contribution in [0.25, 0.3) is 0 Å². The number of amides is 2. The van der Waals surface area contributed by atoms with Crippen LogP contribution in [0.2, 0.25) is 0 Å². The molecule has 2 saturated heterocycles. The Morgan fingerprint density at radius 2 is 1.84 bits per heavy atom. The molecule has 32 heavy (non-hydrogen) atoms. The number of hydrogen-bond acceptors (Lipinski definition) is 4. The van der Waals surface area contributed by atoms with E-state index in [1.165, 1.54) is 25.7 Å². The minimum absolute atomic E-state index is 0.0437. The molecule has 1 aliphatic carbocycles. The van der Waals surface area contributed by atoms with Crippen molar-refractivity contribution in [1.82, 2.24) is 5.32 Å². The van der Waals surface area contributed by atoms with Gasteiger partial charge in [0.05, 0.1) is 11.7 Å². The molecule has 1 aromatic carbocycles. The number of carbonyl (C=O) groups excluding carboxylic acids is 2. The smallest absolute Gasteiger partial charge is 0.253 e. The van der Waals surface area contributed by atoms with E-state index in [1.807, 2.05) is 18.2 Å². The molecule has 2 aliphatic heterocycles. The molecule has 0 radical (unpaired) electrons. The SMILES string of the molecule is CC1CCN(c2ccc(NC(=O)CCC3CCCC3)cc2C(=O)NCC2CCCO2)CC1. The predicted octanol–water partition coefficient (Wildman–Crippen LogP) is 4.74. The quantitative estimate of drug-likeness (QED) is 0.611. The fraction of sp³-hybridized carbons (Fsp3) is 0.692. The molecule has 3 fully saturated rings. The van der Waals surface area contributed by atoms with Gasteiger partial charge in [-0.2, -0.15) is 0 Å². The lowest BCUT2D eigenvalue weighted by molar-refractivity contribution is -0.116. The number of nitrogens with zero attached hydrogens (tertiary/aromatic N) is 1. The summed E-state index contributed by atoms with van der Waals surface area (Å²) >= 11 is 0. The summed E-state index contributed by atoms with van der Waals surface area (Å²) in [5, 5.41) is 6.10. The van der Waals surface area contributed by atoms with E-state index in [0.29, 0.717) is 30.1 Å². The minimum Gasteiger partial charge on any atom is -0.376 e. The van der Waals surface area contributed by atoms with Gasteiger partial charge < -0.3 is 20.3 Å². The summed E-state index contributed by atoms with van der Waals surface area (Å²) in [4.78, 5) is 28.0. The Morgan fingerprint density at radius 3 is 2.56 bits per heavy atom. The van der Waals surface area contributed by atoms with Crippen molar-refractivity contribution in [3.05, 3.63) is 23.8 Å². The van der Waals surface area contributed by atoms with Crippen molar-refractivity contribution < 1.29 is 14.3 Å². The topological polar surface area (TPSA) is 70.7 Å². The Labute approximate surface area is 192 Å². The predicted molar refractivity (Wildman–Crippen MR) is 128 cm³/mol. The number of piperidine rings is 1. The van der Waals surface area contributed by atoms with Crippen LogP contribution < -0.4 is 15.5 Å². The maximum atomic E-state index is 13.2. The third-order valence-electron chi connectivity index (χ3n) is 7.42. The number of nitrogens with one attached hydrogen (secondary N) is 2. The minimum atomic E-state index is -0.0869. The number of anilines is 2. The molecule has 0 bridgehead atoms. The van der Waals surface area contributed by atoms with Gasteiger partial charge in [-0.1, -0.05) is 32.6 Å². The summed E-state index contributed by atoms with van der Waals surface area (Å²) in [5.74, 6) is 1.38. The highest BCUT2D eigenvalue weighted by molar-refractivity contribution is 6.02. The van der Waals surface area contributed by atoms with Crippen LogP contribution in [0.5, 0.6) is 0 Å². The molecule has 1 aromatic rings. The number of benzene rings is 1. The van der Waals surface area contributed by atoms with E-state index < -0.39 is 0 Å². The highest BCUT2D eigenvalue weighted by atomic mass is 16.5. The number of hydrogen-bond donors (Lipinski definition) is 2. The zero-order chi connectivity index (χ0) is 22.3. The highest BCUT2D eigenvalue weighted by Gasteiger charge is 2.23. The summed E-state index contributed by atoms with van der Waals surface area (Å²) in [6, 6.07) is 5.80. The molecule has 4 rings (SSSR count). The largest absolute Gasteiger partial charge is 0.376 e. The Hall–Kier alpha value is -2.08. The summed E-state index contributed by atoms with van der Waals surface area (Å²) in [7, 11) is 0. The molecule has 1 unspecified atom stereocenters. The Morgan fingerprint density at radius 1 is 1.06 bits per heavy atom. The van der Waals surface area contributed by atoms with E-state index in [0.717, 1.165) is 63.4 Å². The summed E-state index contributed by atoms with van der Waals surface area (Å²) < 4.78 is 5.66. The van der Waals surface area contributed by atoms with Crippen LogP contribution in [0.3, 0.4) is 0 Å². The molecule has 0 aromatic heterocycles. The molecular weight excluding hydrogens is 402 g/mol. The molecule has 0 spiro atoms. The number of carbonyl (C=O) groups is 2. The van der Waals surface area contributed by atoms with Gasteiger partial charge in [-0.05, 0) is 62.1 Å². The normalized spacial score (nSPS) is 22.3. The molecule has 2 amide bonds. The maximum absolute atomic E-state index is 13.2. The lowest BCUT2D eigenvalue weighted by Crippen LogP contribution is -2.36. The van der Waals surface area contributed by atoms with E-state index >= 15 is 0 Å². The van der Waals surface area contributed by atoms with Crippen molar-refractivity contribution in [2.75, 3.05) is 36.5 Å². The Bertz CT molecular complexity index is 777. The van der Waals surface area contributed by atoms with Crippen molar-refractivity contribution in [3.63, 3.8) is 0 Å². The lowest BCUT2D eigenvalue weighted by atomic mass is 9.97. The second kappa shape index (κ2) is 11.2. The van der Waals surface area contributed by atoms with Crippen LogP contribution >= 0.6 is 0 Å². The van der Waals surface area contributed by atoms with Crippen molar-refractivity contribution in [2.24, 2.45) is 11.8 Å². The third-order valence-corrected chi connectivity index (χ3v) is 7.42. The number of ether oxygens (including phenoxy) is 1. The summed E-state index contributed by atoms with van der Waals surface area (Å²) in [6.07, 6.45) is 11.1. The first-order valence-electron chi connectivity index (χ1n) is 12.7. The second-order valence-corrected chi connectivity index (χ2v) is 9.98. The van der Waals surface area contributed by atoms with Crippen molar-refractivity contribution in [2.45, 2.75) is 77.2 Å². The first-order valence-corrected chi connectivity index (χ1v) is 12.7. The van der Waals surface area contributed by atoms with Gasteiger partial charge in [0.25, 0.3) is 5.91 Å². The Balaban J connectivity index is 1.43. The molecule has 3 aliphatic rings. The number of rotatable bonds is 8. The average Bonchev–Trinajstić information content (AvgIpc) is 3.51. The summed E-state index contributed by atoms with van der Waals surface area (Å²) in [6.45, 7) is 5.52. The standard InChI is InChI=1S/C26H39N3O3/c1-19-12-14-29(15-13-19)24-10-9-21(28-25(30)11-8-20-5-2-3-6-20)17-23(24)26(31)27-18-22-7-4-16-32-22/h9-10,17,19-20,22H,2-8,11-16,18H2,1H3,(H,27,31)(H,28,30). The molecule has 2 heterocycles. The van der Waals surface area contributed by atoms with Crippen LogP contribution in [-0.4, -0.2) is 44.2 Å². The van der Waals surface area contributed by atoms with Crippen LogP contribution in [0.15, 0.2) is 18.2 Å². The van der Waals surface area contributed by atoms with Crippen LogP contribution in [0, 0.1) is 11.8 Å². The molecule has 1 saturated carbocycles. The molecule has 6 nitrogen and oxygen atoms in total. The van der Waals surface area contributed by atoms with Crippen molar-refractivity contribution in [1.29, 1.82) is 0 Å². The average molecular weight is 442 g/mol. The molecule has 1 atom stereocenters. The van der Waals surface area contributed by atoms with E-state index in [-0.39, 0.29) is 17.9 Å². The molecule has 6 heteroatoms. The monoisotopic (exact) mass is 441 g/mol. The first-order chi connectivity index (χ1) is 15.6. The van der Waals surface area contributed by atoms with Crippen molar-refractivity contribution in [3.8, 4) is 0 Å². The first kappa shape index (κ1) is 23.1. The summed E-state index contributed by atoms with van der Waals surface area (Å²) in [5.41, 5.74) is 2.31. The second-order valence-electron chi connectivity index (χ2n) is 9.98. The Kier molecular flexibility index (Phi) is 8.06. The van der Waals surface area contributed by atoms with Crippen LogP contribution in [0.4, 0.5) is 11.4 Å². The van der Waals surface area contributed by atoms with Gasteiger partial charge in [0.15, 0.2) is 0 Å². The van der Waals surface area contributed by atoms with Gasteiger partial charge in [0.1, 0.15) is 0 Å². The molecular formula is C26H39N3O3. The van der Waals surface area contributed by atoms with Crippen LogP contribution in [0.1, 0.15) is 81.5 Å². The maximum Gasteiger partial charge on any atom is 0.253 e. The van der Waals surface area contributed by atoms with Gasteiger partial charge in [0.2, 0.25) is 5.91 Å². The van der Waals surface area contributed by atoms with E-state index in [1.54, 1.807) is 0 Å². The van der Waals surface area contributed by atoms with Crippen LogP contribution in [-0.2, 0) is 9.53 Å². The van der Waals surface area contributed by atoms with Gasteiger partial charge in [0, 0.05) is 44.0 Å². The fourth-order valence-corrected chi connectivity index (χ4v) is 5.29. The van der Waals surface area contributed by atoms with Gasteiger partial charge in [-0.3, -0.25) is 9.59 Å². The lowest BCUT2D eigenvalue weighted by Gasteiger charge is -2.33. The van der Waals surface area contributed by atoms with Crippen molar-refractivity contribution >= 4 is 23.2 Å². The van der Waals surface area contributed by atoms with Gasteiger partial charge in [-0.25, -0.2) is 0 Å². The third kappa shape index (κ3) is 6.25.